The van der Waals surface area contributed by atoms with Crippen LogP contribution in [0.4, 0.5) is 10.5 Å². The number of benzene rings is 2. The summed E-state index contributed by atoms with van der Waals surface area (Å²) in [5.41, 5.74) is 1.08. The van der Waals surface area contributed by atoms with Crippen molar-refractivity contribution >= 4 is 58.2 Å². The molecule has 0 spiro atoms. The molecule has 0 atom stereocenters. The van der Waals surface area contributed by atoms with E-state index in [0.717, 1.165) is 4.90 Å². The Labute approximate surface area is 209 Å². The first-order valence-electron chi connectivity index (χ1n) is 10.2. The summed E-state index contributed by atoms with van der Waals surface area (Å²) in [7, 11) is 1.47. The first-order valence-corrected chi connectivity index (χ1v) is 11.3. The number of para-hydroxylation sites is 2. The van der Waals surface area contributed by atoms with Gasteiger partial charge in [-0.3, -0.25) is 9.59 Å². The van der Waals surface area contributed by atoms with Crippen LogP contribution in [0.1, 0.15) is 12.5 Å². The van der Waals surface area contributed by atoms with Gasteiger partial charge in [-0.05, 0) is 65.4 Å². The summed E-state index contributed by atoms with van der Waals surface area (Å²) in [5.74, 6) is -0.714. The van der Waals surface area contributed by atoms with Gasteiger partial charge in [0.25, 0.3) is 5.91 Å². The predicted octanol–water partition coefficient (Wildman–Crippen LogP) is 2.77. The van der Waals surface area contributed by atoms with Crippen molar-refractivity contribution in [1.29, 1.82) is 0 Å². The number of methoxy groups -OCH3 is 1. The van der Waals surface area contributed by atoms with Crippen LogP contribution in [0.25, 0.3) is 6.08 Å². The van der Waals surface area contributed by atoms with Crippen LogP contribution in [0, 0.1) is 3.57 Å². The molecule has 0 unspecified atom stereocenters. The lowest BCUT2D eigenvalue weighted by Gasteiger charge is -2.13. The Bertz CT molecular complexity index is 1150. The monoisotopic (exact) mass is 579 g/mol. The van der Waals surface area contributed by atoms with E-state index in [-0.39, 0.29) is 18.9 Å². The molecular weight excluding hydrogens is 557 g/mol. The van der Waals surface area contributed by atoms with Gasteiger partial charge in [-0.25, -0.2) is 14.5 Å². The fourth-order valence-electron chi connectivity index (χ4n) is 3.03. The maximum atomic E-state index is 12.7. The van der Waals surface area contributed by atoms with Gasteiger partial charge in [0.05, 0.1) is 23.0 Å². The topological polar surface area (TPSA) is 123 Å². The minimum Gasteiger partial charge on any atom is -0.495 e. The number of urea groups is 1. The lowest BCUT2D eigenvalue weighted by Crippen LogP contribution is -2.38. The Morgan fingerprint density at radius 2 is 1.91 bits per heavy atom. The van der Waals surface area contributed by atoms with E-state index in [4.69, 9.17) is 14.2 Å². The molecule has 1 saturated heterocycles. The number of nitrogens with one attached hydrogen (secondary N) is 2. The van der Waals surface area contributed by atoms with Gasteiger partial charge < -0.3 is 24.8 Å². The second kappa shape index (κ2) is 11.5. The number of anilines is 1. The van der Waals surface area contributed by atoms with E-state index in [1.165, 1.54) is 13.2 Å². The molecule has 0 radical (unpaired) electrons. The van der Waals surface area contributed by atoms with Crippen LogP contribution in [0.15, 0.2) is 48.2 Å². The van der Waals surface area contributed by atoms with Gasteiger partial charge in [-0.1, -0.05) is 18.2 Å². The van der Waals surface area contributed by atoms with Crippen LogP contribution < -0.4 is 20.1 Å². The highest BCUT2D eigenvalue weighted by Crippen LogP contribution is 2.25. The van der Waals surface area contributed by atoms with Gasteiger partial charge in [0, 0.05) is 0 Å². The zero-order chi connectivity index (χ0) is 24.7. The Balaban J connectivity index is 1.65. The average molecular weight is 579 g/mol. The smallest absolute Gasteiger partial charge is 0.344 e. The second-order valence-electron chi connectivity index (χ2n) is 6.91. The third-order valence-electron chi connectivity index (χ3n) is 4.56. The third kappa shape index (κ3) is 6.25. The highest BCUT2D eigenvalue weighted by molar-refractivity contribution is 14.1. The highest BCUT2D eigenvalue weighted by Gasteiger charge is 2.35. The van der Waals surface area contributed by atoms with Crippen molar-refractivity contribution in [1.82, 2.24) is 10.2 Å². The summed E-state index contributed by atoms with van der Waals surface area (Å²) < 4.78 is 16.1. The summed E-state index contributed by atoms with van der Waals surface area (Å²) in [6, 6.07) is 11.2. The van der Waals surface area contributed by atoms with Gasteiger partial charge in [0.1, 0.15) is 23.7 Å². The SMILES string of the molecule is CCOC(=O)COc1ccc(/C=C2/NC(=O)N(CC(=O)Nc3ccccc3OC)C2=O)cc1I. The van der Waals surface area contributed by atoms with Crippen molar-refractivity contribution < 1.29 is 33.4 Å². The van der Waals surface area contributed by atoms with E-state index in [2.05, 4.69) is 10.6 Å². The molecule has 0 aliphatic carbocycles. The number of rotatable bonds is 9. The first kappa shape index (κ1) is 25.0. The van der Waals surface area contributed by atoms with Gasteiger partial charge in [-0.15, -0.1) is 0 Å². The van der Waals surface area contributed by atoms with E-state index in [1.807, 2.05) is 22.6 Å². The summed E-state index contributed by atoms with van der Waals surface area (Å²) in [5, 5.41) is 5.11. The molecule has 178 valence electrons. The minimum absolute atomic E-state index is 0.0334. The molecule has 4 amide bonds. The van der Waals surface area contributed by atoms with Crippen LogP contribution in [0.3, 0.4) is 0 Å². The van der Waals surface area contributed by atoms with Crippen molar-refractivity contribution in [2.45, 2.75) is 6.92 Å². The lowest BCUT2D eigenvalue weighted by atomic mass is 10.2. The maximum Gasteiger partial charge on any atom is 0.344 e. The van der Waals surface area contributed by atoms with E-state index >= 15 is 0 Å². The molecule has 2 N–H and O–H groups in total. The number of amides is 4. The molecule has 10 nitrogen and oxygen atoms in total. The lowest BCUT2D eigenvalue weighted by molar-refractivity contribution is -0.145. The summed E-state index contributed by atoms with van der Waals surface area (Å²) in [6.45, 7) is 1.30. The number of esters is 1. The quantitative estimate of drug-likeness (QED) is 0.203. The number of halogens is 1. The number of carbonyl (C=O) groups is 4. The summed E-state index contributed by atoms with van der Waals surface area (Å²) in [6.07, 6.45) is 1.50. The molecule has 0 aromatic heterocycles. The van der Waals surface area contributed by atoms with E-state index in [9.17, 15) is 19.2 Å². The Hall–Kier alpha value is -3.61. The van der Waals surface area contributed by atoms with Crippen LogP contribution in [0.5, 0.6) is 11.5 Å². The van der Waals surface area contributed by atoms with E-state index in [0.29, 0.717) is 26.3 Å². The number of imide groups is 1. The van der Waals surface area contributed by atoms with Gasteiger partial charge in [-0.2, -0.15) is 0 Å². The Morgan fingerprint density at radius 3 is 2.62 bits per heavy atom. The van der Waals surface area contributed by atoms with E-state index < -0.39 is 30.4 Å². The molecule has 1 heterocycles. The van der Waals surface area contributed by atoms with Crippen molar-refractivity contribution in [2.75, 3.05) is 32.2 Å². The molecule has 11 heteroatoms. The normalized spacial score (nSPS) is 14.1. The number of ether oxygens (including phenoxy) is 3. The number of nitrogens with zero attached hydrogens (tertiary/aromatic N) is 1. The number of carbonyl (C=O) groups excluding carboxylic acids is 4. The Kier molecular flexibility index (Phi) is 8.46. The van der Waals surface area contributed by atoms with E-state index in [1.54, 1.807) is 49.4 Å². The minimum atomic E-state index is -0.699. The van der Waals surface area contributed by atoms with Crippen LogP contribution in [-0.4, -0.2) is 55.6 Å². The van der Waals surface area contributed by atoms with Gasteiger partial charge in [0.2, 0.25) is 5.91 Å². The molecule has 2 aromatic rings. The van der Waals surface area contributed by atoms with Gasteiger partial charge in [0.15, 0.2) is 6.61 Å². The molecule has 2 aromatic carbocycles. The highest BCUT2D eigenvalue weighted by atomic mass is 127. The molecule has 0 saturated carbocycles. The summed E-state index contributed by atoms with van der Waals surface area (Å²) >= 11 is 2.03. The first-order chi connectivity index (χ1) is 16.3. The van der Waals surface area contributed by atoms with Crippen molar-refractivity contribution in [3.05, 3.63) is 57.3 Å². The zero-order valence-corrected chi connectivity index (χ0v) is 20.6. The van der Waals surface area contributed by atoms with Crippen molar-refractivity contribution in [3.63, 3.8) is 0 Å². The van der Waals surface area contributed by atoms with Crippen molar-refractivity contribution in [2.24, 2.45) is 0 Å². The second-order valence-corrected chi connectivity index (χ2v) is 8.07. The zero-order valence-electron chi connectivity index (χ0n) is 18.4. The number of hydrogen-bond acceptors (Lipinski definition) is 7. The largest absolute Gasteiger partial charge is 0.495 e. The summed E-state index contributed by atoms with van der Waals surface area (Å²) in [4.78, 5) is 49.7. The molecule has 1 aliphatic heterocycles. The van der Waals surface area contributed by atoms with Crippen LogP contribution >= 0.6 is 22.6 Å². The Morgan fingerprint density at radius 1 is 1.15 bits per heavy atom. The number of hydrogen-bond donors (Lipinski definition) is 2. The standard InChI is InChI=1S/C23H22IN3O7/c1-3-33-21(29)13-34-18-9-8-14(10-15(18)24)11-17-22(30)27(23(31)26-17)12-20(28)25-16-6-4-5-7-19(16)32-2/h4-11H,3,12-13H2,1-2H3,(H,25,28)(H,26,31)/b17-11+. The molecule has 34 heavy (non-hydrogen) atoms. The molecule has 1 aliphatic rings. The fraction of sp³-hybridized carbons (Fsp3) is 0.217. The van der Waals surface area contributed by atoms with Crippen LogP contribution in [0.2, 0.25) is 0 Å². The maximum absolute atomic E-state index is 12.7. The molecular formula is C23H22IN3O7. The van der Waals surface area contributed by atoms with Crippen LogP contribution in [-0.2, 0) is 19.1 Å². The predicted molar refractivity (Wildman–Crippen MR) is 131 cm³/mol. The van der Waals surface area contributed by atoms with Gasteiger partial charge >= 0.3 is 12.0 Å². The fourth-order valence-corrected chi connectivity index (χ4v) is 3.72. The third-order valence-corrected chi connectivity index (χ3v) is 5.41. The molecule has 3 rings (SSSR count). The molecule has 0 bridgehead atoms. The average Bonchev–Trinajstić information content (AvgIpc) is 3.06. The van der Waals surface area contributed by atoms with Crippen molar-refractivity contribution in [3.8, 4) is 11.5 Å². The molecule has 1 fully saturated rings.